The predicted octanol–water partition coefficient (Wildman–Crippen LogP) is 1.42. The third kappa shape index (κ3) is 4.09. The lowest BCUT2D eigenvalue weighted by Crippen LogP contribution is -2.46. The van der Waals surface area contributed by atoms with Crippen LogP contribution < -0.4 is 14.8 Å². The van der Waals surface area contributed by atoms with E-state index < -0.39 is 0 Å². The maximum absolute atomic E-state index is 9.80. The first-order valence-corrected chi connectivity index (χ1v) is 7.56. The summed E-state index contributed by atoms with van der Waals surface area (Å²) in [6.07, 6.45) is 0.0842. The molecule has 0 radical (unpaired) electrons. The zero-order valence-corrected chi connectivity index (χ0v) is 13.1. The molecule has 1 saturated heterocycles. The molecule has 1 aromatic rings. The zero-order chi connectivity index (χ0) is 15.2. The Morgan fingerprint density at radius 2 is 1.95 bits per heavy atom. The van der Waals surface area contributed by atoms with Crippen LogP contribution in [0.3, 0.4) is 0 Å². The van der Waals surface area contributed by atoms with Gasteiger partial charge in [0.1, 0.15) is 0 Å². The fourth-order valence-electron chi connectivity index (χ4n) is 2.67. The van der Waals surface area contributed by atoms with Gasteiger partial charge in [0, 0.05) is 26.2 Å². The minimum atomic E-state index is 0.00696. The molecular formula is C16H26N2O3. The Morgan fingerprint density at radius 3 is 2.52 bits per heavy atom. The second kappa shape index (κ2) is 7.64. The van der Waals surface area contributed by atoms with Crippen molar-refractivity contribution in [3.63, 3.8) is 0 Å². The number of methoxy groups -OCH3 is 1. The van der Waals surface area contributed by atoms with E-state index in [4.69, 9.17) is 9.47 Å². The molecule has 1 atom stereocenters. The van der Waals surface area contributed by atoms with Crippen molar-refractivity contribution < 1.29 is 14.6 Å². The molecule has 21 heavy (non-hydrogen) atoms. The van der Waals surface area contributed by atoms with Gasteiger partial charge in [0.2, 0.25) is 0 Å². The molecule has 0 bridgehead atoms. The fourth-order valence-corrected chi connectivity index (χ4v) is 2.67. The van der Waals surface area contributed by atoms with Crippen LogP contribution >= 0.6 is 0 Å². The number of ether oxygens (including phenoxy) is 2. The van der Waals surface area contributed by atoms with Crippen molar-refractivity contribution in [1.29, 1.82) is 0 Å². The van der Waals surface area contributed by atoms with E-state index in [9.17, 15) is 5.11 Å². The summed E-state index contributed by atoms with van der Waals surface area (Å²) >= 11 is 0. The molecule has 5 nitrogen and oxygen atoms in total. The topological polar surface area (TPSA) is 54.0 Å². The van der Waals surface area contributed by atoms with Crippen LogP contribution in [-0.4, -0.2) is 56.0 Å². The minimum absolute atomic E-state index is 0.00696. The number of hydrogen-bond acceptors (Lipinski definition) is 5. The molecule has 0 aromatic heterocycles. The first-order valence-electron chi connectivity index (χ1n) is 7.56. The summed E-state index contributed by atoms with van der Waals surface area (Å²) in [7, 11) is 1.64. The number of nitrogens with zero attached hydrogens (tertiary/aromatic N) is 1. The standard InChI is InChI=1S/C16H26N2O3/c1-12(2)21-16-10-13(4-5-15(16)20-3)14(11-19)18-8-6-17-7-9-18/h4-5,10,12,14,17,19H,6-9,11H2,1-3H3. The number of nitrogens with one attached hydrogen (secondary N) is 1. The number of aliphatic hydroxyl groups excluding tert-OH is 1. The van der Waals surface area contributed by atoms with Crippen LogP contribution in [0, 0.1) is 0 Å². The first kappa shape index (κ1) is 16.1. The van der Waals surface area contributed by atoms with E-state index in [1.54, 1.807) is 7.11 Å². The van der Waals surface area contributed by atoms with Crippen molar-refractivity contribution in [2.75, 3.05) is 39.9 Å². The maximum Gasteiger partial charge on any atom is 0.161 e. The van der Waals surface area contributed by atoms with Crippen molar-refractivity contribution >= 4 is 0 Å². The molecular weight excluding hydrogens is 268 g/mol. The quantitative estimate of drug-likeness (QED) is 0.831. The van der Waals surface area contributed by atoms with Gasteiger partial charge in [-0.2, -0.15) is 0 Å². The molecule has 118 valence electrons. The highest BCUT2D eigenvalue weighted by molar-refractivity contribution is 5.44. The molecule has 0 spiro atoms. The Hall–Kier alpha value is -1.30. The van der Waals surface area contributed by atoms with E-state index in [1.807, 2.05) is 32.0 Å². The van der Waals surface area contributed by atoms with Crippen LogP contribution in [0.5, 0.6) is 11.5 Å². The summed E-state index contributed by atoms with van der Waals surface area (Å²) in [5.74, 6) is 1.46. The van der Waals surface area contributed by atoms with Crippen molar-refractivity contribution in [2.24, 2.45) is 0 Å². The van der Waals surface area contributed by atoms with Crippen LogP contribution in [0.15, 0.2) is 18.2 Å². The van der Waals surface area contributed by atoms with Gasteiger partial charge in [-0.15, -0.1) is 0 Å². The Balaban J connectivity index is 2.23. The van der Waals surface area contributed by atoms with Crippen LogP contribution in [-0.2, 0) is 0 Å². The van der Waals surface area contributed by atoms with E-state index in [2.05, 4.69) is 10.2 Å². The van der Waals surface area contributed by atoms with Gasteiger partial charge in [-0.3, -0.25) is 4.90 Å². The van der Waals surface area contributed by atoms with E-state index in [0.717, 1.165) is 43.2 Å². The molecule has 2 rings (SSSR count). The normalized spacial score (nSPS) is 17.8. The molecule has 1 aromatic carbocycles. The number of hydrogen-bond donors (Lipinski definition) is 2. The highest BCUT2D eigenvalue weighted by atomic mass is 16.5. The number of rotatable bonds is 6. The smallest absolute Gasteiger partial charge is 0.161 e. The molecule has 1 aliphatic rings. The van der Waals surface area contributed by atoms with Crippen LogP contribution in [0.25, 0.3) is 0 Å². The van der Waals surface area contributed by atoms with Gasteiger partial charge in [-0.05, 0) is 31.5 Å². The Bertz CT molecular complexity index is 445. The molecule has 0 saturated carbocycles. The summed E-state index contributed by atoms with van der Waals surface area (Å²) in [5.41, 5.74) is 1.07. The van der Waals surface area contributed by atoms with Gasteiger partial charge in [-0.1, -0.05) is 6.07 Å². The zero-order valence-electron chi connectivity index (χ0n) is 13.1. The van der Waals surface area contributed by atoms with Crippen LogP contribution in [0.4, 0.5) is 0 Å². The summed E-state index contributed by atoms with van der Waals surface area (Å²) in [6, 6.07) is 5.92. The molecule has 2 N–H and O–H groups in total. The first-order chi connectivity index (χ1) is 10.2. The van der Waals surface area contributed by atoms with Crippen molar-refractivity contribution in [1.82, 2.24) is 10.2 Å². The highest BCUT2D eigenvalue weighted by Gasteiger charge is 2.22. The van der Waals surface area contributed by atoms with E-state index in [1.165, 1.54) is 0 Å². The Kier molecular flexibility index (Phi) is 5.85. The number of benzene rings is 1. The van der Waals surface area contributed by atoms with Crippen molar-refractivity contribution in [3.05, 3.63) is 23.8 Å². The van der Waals surface area contributed by atoms with E-state index >= 15 is 0 Å². The number of piperazine rings is 1. The van der Waals surface area contributed by atoms with Crippen molar-refractivity contribution in [2.45, 2.75) is 26.0 Å². The molecule has 5 heteroatoms. The lowest BCUT2D eigenvalue weighted by Gasteiger charge is -2.34. The monoisotopic (exact) mass is 294 g/mol. The molecule has 1 unspecified atom stereocenters. The summed E-state index contributed by atoms with van der Waals surface area (Å²) in [4.78, 5) is 2.30. The number of aliphatic hydroxyl groups is 1. The summed E-state index contributed by atoms with van der Waals surface area (Å²) in [5, 5.41) is 13.1. The SMILES string of the molecule is COc1ccc(C(CO)N2CCNCC2)cc1OC(C)C. The predicted molar refractivity (Wildman–Crippen MR) is 83.0 cm³/mol. The van der Waals surface area contributed by atoms with Gasteiger partial charge in [0.25, 0.3) is 0 Å². The molecule has 0 amide bonds. The average molecular weight is 294 g/mol. The van der Waals surface area contributed by atoms with E-state index in [-0.39, 0.29) is 18.8 Å². The average Bonchev–Trinajstić information content (AvgIpc) is 2.49. The second-order valence-corrected chi connectivity index (χ2v) is 5.56. The second-order valence-electron chi connectivity index (χ2n) is 5.56. The fraction of sp³-hybridized carbons (Fsp3) is 0.625. The lowest BCUT2D eigenvalue weighted by atomic mass is 10.0. The van der Waals surface area contributed by atoms with E-state index in [0.29, 0.717) is 0 Å². The lowest BCUT2D eigenvalue weighted by molar-refractivity contribution is 0.110. The van der Waals surface area contributed by atoms with Gasteiger partial charge in [0.15, 0.2) is 11.5 Å². The summed E-state index contributed by atoms with van der Waals surface area (Å²) < 4.78 is 11.2. The molecule has 1 aliphatic heterocycles. The van der Waals surface area contributed by atoms with Crippen molar-refractivity contribution in [3.8, 4) is 11.5 Å². The van der Waals surface area contributed by atoms with Gasteiger partial charge in [-0.25, -0.2) is 0 Å². The largest absolute Gasteiger partial charge is 0.493 e. The van der Waals surface area contributed by atoms with Gasteiger partial charge >= 0.3 is 0 Å². The molecule has 1 heterocycles. The van der Waals surface area contributed by atoms with Crippen LogP contribution in [0.2, 0.25) is 0 Å². The summed E-state index contributed by atoms with van der Waals surface area (Å²) in [6.45, 7) is 7.89. The third-order valence-corrected chi connectivity index (χ3v) is 3.70. The van der Waals surface area contributed by atoms with Gasteiger partial charge in [0.05, 0.1) is 25.9 Å². The Morgan fingerprint density at radius 1 is 1.24 bits per heavy atom. The molecule has 0 aliphatic carbocycles. The van der Waals surface area contributed by atoms with Gasteiger partial charge < -0.3 is 19.9 Å². The third-order valence-electron chi connectivity index (χ3n) is 3.70. The molecule has 1 fully saturated rings. The highest BCUT2D eigenvalue weighted by Crippen LogP contribution is 2.32. The Labute approximate surface area is 126 Å². The maximum atomic E-state index is 9.80. The van der Waals surface area contributed by atoms with Crippen LogP contribution in [0.1, 0.15) is 25.5 Å². The minimum Gasteiger partial charge on any atom is -0.493 e.